The summed E-state index contributed by atoms with van der Waals surface area (Å²) < 4.78 is 6.88. The van der Waals surface area contributed by atoms with E-state index >= 15 is 0 Å². The van der Waals surface area contributed by atoms with Crippen molar-refractivity contribution in [3.05, 3.63) is 64.8 Å². The Bertz CT molecular complexity index is 1430. The maximum Gasteiger partial charge on any atom is 0.420 e. The largest absolute Gasteiger partial charge is 0.443 e. The van der Waals surface area contributed by atoms with Crippen LogP contribution in [0.5, 0.6) is 0 Å². The first-order valence-electron chi connectivity index (χ1n) is 10.9. The van der Waals surface area contributed by atoms with E-state index in [0.717, 1.165) is 16.8 Å². The van der Waals surface area contributed by atoms with Crippen LogP contribution in [0.25, 0.3) is 22.3 Å². The lowest BCUT2D eigenvalue weighted by Crippen LogP contribution is -2.26. The summed E-state index contributed by atoms with van der Waals surface area (Å²) >= 11 is 0. The Morgan fingerprint density at radius 1 is 1.15 bits per heavy atom. The third-order valence-corrected chi connectivity index (χ3v) is 5.08. The highest BCUT2D eigenvalue weighted by Gasteiger charge is 2.21. The van der Waals surface area contributed by atoms with Gasteiger partial charge in [0, 0.05) is 37.6 Å². The molecule has 0 spiro atoms. The van der Waals surface area contributed by atoms with Crippen LogP contribution < -0.4 is 15.8 Å². The van der Waals surface area contributed by atoms with Crippen LogP contribution in [0.1, 0.15) is 26.5 Å². The number of fused-ring (bicyclic) bond motifs is 1. The molecule has 0 atom stereocenters. The molecule has 4 rings (SSSR count). The van der Waals surface area contributed by atoms with E-state index in [1.165, 1.54) is 4.57 Å². The molecular weight excluding hydrogens is 432 g/mol. The van der Waals surface area contributed by atoms with Gasteiger partial charge in [-0.25, -0.2) is 14.3 Å². The molecule has 176 valence electrons. The third-order valence-electron chi connectivity index (χ3n) is 5.08. The molecule has 34 heavy (non-hydrogen) atoms. The molecule has 0 fully saturated rings. The molecular formula is C25H28N6O3. The van der Waals surface area contributed by atoms with E-state index in [2.05, 4.69) is 20.3 Å². The lowest BCUT2D eigenvalue weighted by Gasteiger charge is -2.20. The first-order chi connectivity index (χ1) is 16.0. The number of H-pyrrole nitrogens is 1. The first-order valence-corrected chi connectivity index (χ1v) is 10.9. The average molecular weight is 461 g/mol. The van der Waals surface area contributed by atoms with Crippen molar-refractivity contribution in [2.45, 2.75) is 33.3 Å². The normalized spacial score (nSPS) is 11.5. The van der Waals surface area contributed by atoms with E-state index in [1.54, 1.807) is 24.5 Å². The van der Waals surface area contributed by atoms with Crippen molar-refractivity contribution >= 4 is 34.3 Å². The highest BCUT2D eigenvalue weighted by atomic mass is 16.6. The second kappa shape index (κ2) is 8.66. The van der Waals surface area contributed by atoms with Gasteiger partial charge >= 0.3 is 6.09 Å². The Hall–Kier alpha value is -4.14. The lowest BCUT2D eigenvalue weighted by atomic mass is 10.1. The Kier molecular flexibility index (Phi) is 5.87. The van der Waals surface area contributed by atoms with Crippen LogP contribution in [0, 0.1) is 6.92 Å². The number of ether oxygens (including phenoxy) is 1. The standard InChI is InChI=1S/C25H28N6O3/c1-15-8-7-9-18(27-15)17-14-20(22(30(5)6)29-23(17)32)28-19-10-12-26-21-16(19)11-13-31(21)24(33)34-25(2,3)4/h7-14H,1-6H3,(H,26,28)(H,29,32). The quantitative estimate of drug-likeness (QED) is 0.455. The van der Waals surface area contributed by atoms with Gasteiger partial charge in [-0.3, -0.25) is 9.78 Å². The summed E-state index contributed by atoms with van der Waals surface area (Å²) in [4.78, 5) is 39.2. The molecule has 9 heteroatoms. The molecule has 0 amide bonds. The number of hydrogen-bond donors (Lipinski definition) is 2. The number of nitrogens with one attached hydrogen (secondary N) is 2. The summed E-state index contributed by atoms with van der Waals surface area (Å²) in [5, 5.41) is 4.14. The van der Waals surface area contributed by atoms with Crippen LogP contribution >= 0.6 is 0 Å². The molecule has 4 aromatic heterocycles. The number of nitrogens with zero attached hydrogens (tertiary/aromatic N) is 4. The Morgan fingerprint density at radius 2 is 1.91 bits per heavy atom. The van der Waals surface area contributed by atoms with Crippen molar-refractivity contribution < 1.29 is 9.53 Å². The minimum Gasteiger partial charge on any atom is -0.443 e. The first kappa shape index (κ1) is 23.0. The molecule has 0 aliphatic rings. The second-order valence-corrected chi connectivity index (χ2v) is 9.22. The Balaban J connectivity index is 1.79. The van der Waals surface area contributed by atoms with Gasteiger partial charge in [-0.2, -0.15) is 0 Å². The fraction of sp³-hybridized carbons (Fsp3) is 0.280. The van der Waals surface area contributed by atoms with Crippen LogP contribution in [0.3, 0.4) is 0 Å². The number of rotatable bonds is 4. The average Bonchev–Trinajstić information content (AvgIpc) is 3.19. The molecule has 2 N–H and O–H groups in total. The van der Waals surface area contributed by atoms with E-state index in [4.69, 9.17) is 4.74 Å². The van der Waals surface area contributed by atoms with Gasteiger partial charge in [0.05, 0.1) is 22.6 Å². The van der Waals surface area contributed by atoms with Crippen molar-refractivity contribution in [2.75, 3.05) is 24.3 Å². The van der Waals surface area contributed by atoms with E-state index in [-0.39, 0.29) is 5.56 Å². The highest BCUT2D eigenvalue weighted by Crippen LogP contribution is 2.31. The molecule has 0 radical (unpaired) electrons. The molecule has 0 saturated heterocycles. The van der Waals surface area contributed by atoms with Crippen molar-refractivity contribution in [3.63, 3.8) is 0 Å². The van der Waals surface area contributed by atoms with E-state index in [1.807, 2.05) is 71.0 Å². The zero-order valence-electron chi connectivity index (χ0n) is 20.1. The van der Waals surface area contributed by atoms with Gasteiger partial charge in [0.1, 0.15) is 11.4 Å². The van der Waals surface area contributed by atoms with Gasteiger partial charge in [0.2, 0.25) is 0 Å². The Morgan fingerprint density at radius 3 is 2.59 bits per heavy atom. The van der Waals surface area contributed by atoms with Gasteiger partial charge in [0.25, 0.3) is 5.56 Å². The number of aromatic amines is 1. The van der Waals surface area contributed by atoms with E-state index in [0.29, 0.717) is 28.4 Å². The smallest absolute Gasteiger partial charge is 0.420 e. The van der Waals surface area contributed by atoms with Crippen molar-refractivity contribution in [2.24, 2.45) is 0 Å². The van der Waals surface area contributed by atoms with Gasteiger partial charge < -0.3 is 19.9 Å². The predicted molar refractivity (Wildman–Crippen MR) is 134 cm³/mol. The highest BCUT2D eigenvalue weighted by molar-refractivity contribution is 5.97. The van der Waals surface area contributed by atoms with Crippen LogP contribution in [0.2, 0.25) is 0 Å². The predicted octanol–water partition coefficient (Wildman–Crippen LogP) is 4.69. The minimum atomic E-state index is -0.625. The van der Waals surface area contributed by atoms with Crippen LogP contribution in [0.15, 0.2) is 53.6 Å². The van der Waals surface area contributed by atoms with E-state index < -0.39 is 11.7 Å². The molecule has 0 aromatic carbocycles. The summed E-state index contributed by atoms with van der Waals surface area (Å²) in [5.41, 5.74) is 2.88. The number of carbonyl (C=O) groups excluding carboxylic acids is 1. The van der Waals surface area contributed by atoms with Gasteiger partial charge in [0.15, 0.2) is 5.65 Å². The molecule has 4 heterocycles. The minimum absolute atomic E-state index is 0.233. The van der Waals surface area contributed by atoms with Crippen LogP contribution in [-0.2, 0) is 4.74 Å². The monoisotopic (exact) mass is 460 g/mol. The van der Waals surface area contributed by atoms with Crippen molar-refractivity contribution in [3.8, 4) is 11.3 Å². The third kappa shape index (κ3) is 4.63. The summed E-state index contributed by atoms with van der Waals surface area (Å²) in [5.74, 6) is 0.609. The zero-order chi connectivity index (χ0) is 24.6. The van der Waals surface area contributed by atoms with Gasteiger partial charge in [-0.15, -0.1) is 0 Å². The number of pyridine rings is 3. The summed E-state index contributed by atoms with van der Waals surface area (Å²) in [6.07, 6.45) is 2.76. The number of carbonyl (C=O) groups is 1. The Labute approximate surface area is 197 Å². The molecule has 0 unspecified atom stereocenters. The number of aromatic nitrogens is 4. The topological polar surface area (TPSA) is 105 Å². The zero-order valence-corrected chi connectivity index (χ0v) is 20.1. The van der Waals surface area contributed by atoms with Crippen LogP contribution in [0.4, 0.5) is 22.0 Å². The molecule has 0 saturated carbocycles. The maximum atomic E-state index is 12.9. The SMILES string of the molecule is Cc1cccc(-c2cc(Nc3ccnc4c3ccn4C(=O)OC(C)(C)C)c(N(C)C)[nH]c2=O)n1. The van der Waals surface area contributed by atoms with Crippen molar-refractivity contribution in [1.29, 1.82) is 0 Å². The fourth-order valence-electron chi connectivity index (χ4n) is 3.60. The molecule has 0 bridgehead atoms. The van der Waals surface area contributed by atoms with E-state index in [9.17, 15) is 9.59 Å². The maximum absolute atomic E-state index is 12.9. The van der Waals surface area contributed by atoms with Gasteiger partial charge in [-0.05, 0) is 58.0 Å². The molecule has 0 aliphatic carbocycles. The fourth-order valence-corrected chi connectivity index (χ4v) is 3.60. The summed E-state index contributed by atoms with van der Waals surface area (Å²) in [6, 6.07) is 11.0. The summed E-state index contributed by atoms with van der Waals surface area (Å²) in [6.45, 7) is 7.33. The lowest BCUT2D eigenvalue weighted by molar-refractivity contribution is 0.0543. The number of anilines is 3. The van der Waals surface area contributed by atoms with Crippen molar-refractivity contribution in [1.82, 2.24) is 19.5 Å². The van der Waals surface area contributed by atoms with Crippen LogP contribution in [-0.4, -0.2) is 45.3 Å². The molecule has 4 aromatic rings. The molecule has 0 aliphatic heterocycles. The summed E-state index contributed by atoms with van der Waals surface area (Å²) in [7, 11) is 3.70. The van der Waals surface area contributed by atoms with Gasteiger partial charge in [-0.1, -0.05) is 6.07 Å². The number of hydrogen-bond acceptors (Lipinski definition) is 7. The number of aryl methyl sites for hydroxylation is 1. The second-order valence-electron chi connectivity index (χ2n) is 9.22. The molecule has 9 nitrogen and oxygen atoms in total.